The van der Waals surface area contributed by atoms with Crippen LogP contribution in [0.5, 0.6) is 23.0 Å². The summed E-state index contributed by atoms with van der Waals surface area (Å²) in [6.07, 6.45) is 5.97. The molecule has 0 radical (unpaired) electrons. The van der Waals surface area contributed by atoms with Crippen molar-refractivity contribution in [2.24, 2.45) is 0 Å². The molecule has 1 aliphatic heterocycles. The molecule has 1 unspecified atom stereocenters. The van der Waals surface area contributed by atoms with Crippen molar-refractivity contribution in [3.63, 3.8) is 0 Å². The van der Waals surface area contributed by atoms with Crippen molar-refractivity contribution in [1.82, 2.24) is 0 Å². The Morgan fingerprint density at radius 1 is 0.971 bits per heavy atom. The molecule has 1 fully saturated rings. The Balaban J connectivity index is 1.72. The lowest BCUT2D eigenvalue weighted by molar-refractivity contribution is -0.105. The number of carbonyl (C=O) groups excluding carboxylic acids is 1. The fourth-order valence-electron chi connectivity index (χ4n) is 3.44. The van der Waals surface area contributed by atoms with Gasteiger partial charge in [0.05, 0.1) is 13.7 Å². The van der Waals surface area contributed by atoms with Gasteiger partial charge in [-0.05, 0) is 75.2 Å². The Labute approximate surface area is 206 Å². The average Bonchev–Trinajstić information content (AvgIpc) is 2.89. The lowest BCUT2D eigenvalue weighted by Crippen LogP contribution is -2.24. The van der Waals surface area contributed by atoms with Crippen LogP contribution in [0.3, 0.4) is 0 Å². The maximum absolute atomic E-state index is 12.8. The number of ketones is 1. The zero-order valence-corrected chi connectivity index (χ0v) is 20.6. The van der Waals surface area contributed by atoms with Crippen LogP contribution in [0.4, 0.5) is 0 Å². The summed E-state index contributed by atoms with van der Waals surface area (Å²) in [7, 11) is 1.53. The van der Waals surface area contributed by atoms with Crippen LogP contribution in [0.1, 0.15) is 49.0 Å². The van der Waals surface area contributed by atoms with E-state index in [2.05, 4.69) is 0 Å². The Bertz CT molecular complexity index is 948. The zero-order valence-electron chi connectivity index (χ0n) is 20.6. The van der Waals surface area contributed by atoms with Crippen LogP contribution in [0.25, 0.3) is 6.08 Å². The van der Waals surface area contributed by atoms with E-state index in [-0.39, 0.29) is 25.7 Å². The quantitative estimate of drug-likeness (QED) is 0.155. The van der Waals surface area contributed by atoms with Crippen molar-refractivity contribution in [2.75, 3.05) is 40.5 Å². The first kappa shape index (κ1) is 26.5. The molecule has 0 saturated carbocycles. The van der Waals surface area contributed by atoms with Crippen molar-refractivity contribution < 1.29 is 38.0 Å². The number of methoxy groups -OCH3 is 1. The number of hydrogen-bond acceptors (Lipinski definition) is 8. The first-order chi connectivity index (χ1) is 17.2. The highest BCUT2D eigenvalue weighted by atomic mass is 16.7. The Morgan fingerprint density at radius 2 is 1.71 bits per heavy atom. The predicted molar refractivity (Wildman–Crippen MR) is 131 cm³/mol. The smallest absolute Gasteiger partial charge is 0.206 e. The van der Waals surface area contributed by atoms with Crippen molar-refractivity contribution in [2.45, 2.75) is 39.4 Å². The van der Waals surface area contributed by atoms with E-state index in [9.17, 15) is 4.79 Å². The third kappa shape index (κ3) is 7.99. The molecule has 0 aliphatic carbocycles. The minimum Gasteiger partial charge on any atom is -0.492 e. The normalized spacial score (nSPS) is 15.7. The van der Waals surface area contributed by atoms with E-state index < -0.39 is 0 Å². The second kappa shape index (κ2) is 14.4. The van der Waals surface area contributed by atoms with Gasteiger partial charge in [0.15, 0.2) is 37.2 Å². The molecule has 0 amide bonds. The summed E-state index contributed by atoms with van der Waals surface area (Å²) < 4.78 is 39.1. The van der Waals surface area contributed by atoms with Crippen molar-refractivity contribution in [3.05, 3.63) is 53.6 Å². The standard InChI is InChI=1S/C27H34O8/c1-4-30-18-33-24-16-12-21(26(29-3)27(24)34-19-31-5-2)11-15-23(28)20-9-13-22(14-10-20)35-25-8-6-7-17-32-25/h9-16,25H,4-8,17-19H2,1-3H3/b15-11+. The molecule has 0 N–H and O–H groups in total. The SMILES string of the molecule is CCOCOc1ccc(/C=C/C(=O)c2ccc(OC3CCCCO3)cc2)c(OC)c1OCOCC. The highest BCUT2D eigenvalue weighted by molar-refractivity contribution is 6.07. The van der Waals surface area contributed by atoms with Gasteiger partial charge in [0.25, 0.3) is 0 Å². The number of benzene rings is 2. The summed E-state index contributed by atoms with van der Waals surface area (Å²) in [5.41, 5.74) is 1.20. The topological polar surface area (TPSA) is 81.7 Å². The van der Waals surface area contributed by atoms with Gasteiger partial charge >= 0.3 is 0 Å². The molecular formula is C27H34O8. The van der Waals surface area contributed by atoms with Crippen LogP contribution in [0.2, 0.25) is 0 Å². The summed E-state index contributed by atoms with van der Waals surface area (Å²) in [6.45, 7) is 5.61. The molecule has 1 atom stereocenters. The number of hydrogen-bond donors (Lipinski definition) is 0. The Morgan fingerprint density at radius 3 is 2.37 bits per heavy atom. The number of carbonyl (C=O) groups is 1. The van der Waals surface area contributed by atoms with Crippen molar-refractivity contribution in [1.29, 1.82) is 0 Å². The molecule has 190 valence electrons. The Kier molecular flexibility index (Phi) is 10.9. The number of rotatable bonds is 14. The largest absolute Gasteiger partial charge is 0.492 e. The average molecular weight is 487 g/mol. The summed E-state index contributed by atoms with van der Waals surface area (Å²) in [5, 5.41) is 0. The van der Waals surface area contributed by atoms with E-state index in [4.69, 9.17) is 33.2 Å². The lowest BCUT2D eigenvalue weighted by atomic mass is 10.1. The molecule has 1 aliphatic rings. The molecule has 1 saturated heterocycles. The monoisotopic (exact) mass is 486 g/mol. The van der Waals surface area contributed by atoms with Crippen LogP contribution in [-0.2, 0) is 14.2 Å². The molecule has 2 aromatic carbocycles. The van der Waals surface area contributed by atoms with Gasteiger partial charge in [-0.2, -0.15) is 0 Å². The van der Waals surface area contributed by atoms with Crippen molar-refractivity contribution in [3.8, 4) is 23.0 Å². The molecule has 35 heavy (non-hydrogen) atoms. The highest BCUT2D eigenvalue weighted by Crippen LogP contribution is 2.41. The third-order valence-corrected chi connectivity index (χ3v) is 5.26. The zero-order chi connectivity index (χ0) is 24.9. The maximum atomic E-state index is 12.8. The van der Waals surface area contributed by atoms with Gasteiger partial charge in [0.1, 0.15) is 5.75 Å². The fourth-order valence-corrected chi connectivity index (χ4v) is 3.44. The molecule has 0 bridgehead atoms. The van der Waals surface area contributed by atoms with Crippen LogP contribution < -0.4 is 18.9 Å². The highest BCUT2D eigenvalue weighted by Gasteiger charge is 2.17. The predicted octanol–water partition coefficient (Wildman–Crippen LogP) is 5.24. The second-order valence-electron chi connectivity index (χ2n) is 7.66. The van der Waals surface area contributed by atoms with Gasteiger partial charge < -0.3 is 33.2 Å². The first-order valence-electron chi connectivity index (χ1n) is 11.9. The summed E-state index contributed by atoms with van der Waals surface area (Å²) >= 11 is 0. The van der Waals surface area contributed by atoms with E-state index in [1.807, 2.05) is 13.8 Å². The van der Waals surface area contributed by atoms with Crippen LogP contribution in [0, 0.1) is 0 Å². The Hall–Kier alpha value is -3.07. The molecule has 0 aromatic heterocycles. The maximum Gasteiger partial charge on any atom is 0.206 e. The van der Waals surface area contributed by atoms with E-state index in [0.717, 1.165) is 19.3 Å². The minimum absolute atomic E-state index is 0.0320. The molecule has 0 spiro atoms. The van der Waals surface area contributed by atoms with Gasteiger partial charge in [-0.25, -0.2) is 0 Å². The molecular weight excluding hydrogens is 452 g/mol. The van der Waals surface area contributed by atoms with Gasteiger partial charge in [-0.1, -0.05) is 0 Å². The lowest BCUT2D eigenvalue weighted by Gasteiger charge is -2.23. The molecule has 1 heterocycles. The number of allylic oxidation sites excluding steroid dienone is 1. The first-order valence-corrected chi connectivity index (χ1v) is 11.9. The van der Waals surface area contributed by atoms with Crippen LogP contribution in [-0.4, -0.2) is 52.6 Å². The molecule has 8 nitrogen and oxygen atoms in total. The van der Waals surface area contributed by atoms with Gasteiger partial charge in [0.2, 0.25) is 5.75 Å². The molecule has 3 rings (SSSR count). The van der Waals surface area contributed by atoms with Gasteiger partial charge in [0, 0.05) is 30.8 Å². The summed E-state index contributed by atoms with van der Waals surface area (Å²) in [5.74, 6) is 1.79. The molecule has 2 aromatic rings. The van der Waals surface area contributed by atoms with E-state index >= 15 is 0 Å². The van der Waals surface area contributed by atoms with E-state index in [1.54, 1.807) is 42.5 Å². The van der Waals surface area contributed by atoms with Crippen LogP contribution >= 0.6 is 0 Å². The van der Waals surface area contributed by atoms with E-state index in [0.29, 0.717) is 53.9 Å². The summed E-state index contributed by atoms with van der Waals surface area (Å²) in [6, 6.07) is 10.6. The third-order valence-electron chi connectivity index (χ3n) is 5.26. The van der Waals surface area contributed by atoms with Crippen molar-refractivity contribution >= 4 is 11.9 Å². The molecule has 8 heteroatoms. The van der Waals surface area contributed by atoms with Gasteiger partial charge in [-0.3, -0.25) is 4.79 Å². The van der Waals surface area contributed by atoms with Gasteiger partial charge in [-0.15, -0.1) is 0 Å². The fraction of sp³-hybridized carbons (Fsp3) is 0.444. The number of ether oxygens (including phenoxy) is 7. The second-order valence-corrected chi connectivity index (χ2v) is 7.66. The van der Waals surface area contributed by atoms with E-state index in [1.165, 1.54) is 13.2 Å². The minimum atomic E-state index is -0.225. The van der Waals surface area contributed by atoms with Crippen LogP contribution in [0.15, 0.2) is 42.5 Å². The summed E-state index contributed by atoms with van der Waals surface area (Å²) in [4.78, 5) is 12.8.